The summed E-state index contributed by atoms with van der Waals surface area (Å²) < 4.78 is 5.40. The van der Waals surface area contributed by atoms with E-state index in [0.29, 0.717) is 72.7 Å². The van der Waals surface area contributed by atoms with Gasteiger partial charge in [0.15, 0.2) is 0 Å². The molecule has 0 spiro atoms. The van der Waals surface area contributed by atoms with E-state index >= 15 is 0 Å². The molecule has 0 saturated carbocycles. The van der Waals surface area contributed by atoms with Crippen molar-refractivity contribution in [2.75, 3.05) is 52.4 Å². The molecular formula is C23H31Cl2N5O4. The fourth-order valence-electron chi connectivity index (χ4n) is 4.18. The number of rotatable bonds is 7. The van der Waals surface area contributed by atoms with Gasteiger partial charge in [0.2, 0.25) is 0 Å². The first-order chi connectivity index (χ1) is 16.3. The molecule has 186 valence electrons. The Morgan fingerprint density at radius 2 is 1.82 bits per heavy atom. The lowest BCUT2D eigenvalue weighted by Gasteiger charge is -2.40. The average Bonchev–Trinajstić information content (AvgIpc) is 2.81. The van der Waals surface area contributed by atoms with E-state index in [4.69, 9.17) is 27.9 Å². The molecule has 0 radical (unpaired) electrons. The summed E-state index contributed by atoms with van der Waals surface area (Å²) in [4.78, 5) is 43.8. The molecule has 0 unspecified atom stereocenters. The van der Waals surface area contributed by atoms with E-state index in [2.05, 4.69) is 15.5 Å². The van der Waals surface area contributed by atoms with Gasteiger partial charge in [0.1, 0.15) is 0 Å². The fourth-order valence-corrected chi connectivity index (χ4v) is 4.49. The Hall–Kier alpha value is -2.49. The van der Waals surface area contributed by atoms with Crippen LogP contribution in [0.2, 0.25) is 10.0 Å². The van der Waals surface area contributed by atoms with Gasteiger partial charge in [0, 0.05) is 51.5 Å². The highest BCUT2D eigenvalue weighted by Crippen LogP contribution is 2.34. The molecule has 1 aromatic rings. The molecule has 1 aromatic carbocycles. The number of piperazine rings is 1. The standard InChI is InChI=1S/C23H31Cl2N5O4/c1-4-26-22(32)29-11-9-28(10-12-29)14-18-19(21(31)34-6-3)20(27-23(33)30(18)5-2)15-7-8-16(24)17(25)13-15/h7-8,13,20H,4-6,9-12,14H2,1-3H3,(H,26,32)(H,27,33)/t20-/m1/s1. The van der Waals surface area contributed by atoms with Crippen LogP contribution in [-0.4, -0.2) is 85.2 Å². The second-order valence-electron chi connectivity index (χ2n) is 7.98. The van der Waals surface area contributed by atoms with Crippen LogP contribution in [0.25, 0.3) is 0 Å². The van der Waals surface area contributed by atoms with Crippen molar-refractivity contribution in [3.8, 4) is 0 Å². The minimum Gasteiger partial charge on any atom is -0.463 e. The molecule has 11 heteroatoms. The summed E-state index contributed by atoms with van der Waals surface area (Å²) in [7, 11) is 0. The van der Waals surface area contributed by atoms with Crippen molar-refractivity contribution in [2.24, 2.45) is 0 Å². The number of hydrogen-bond donors (Lipinski definition) is 2. The summed E-state index contributed by atoms with van der Waals surface area (Å²) in [5, 5.41) is 6.45. The third-order valence-electron chi connectivity index (χ3n) is 5.89. The van der Waals surface area contributed by atoms with Crippen LogP contribution in [0.4, 0.5) is 9.59 Å². The first-order valence-electron chi connectivity index (χ1n) is 11.5. The van der Waals surface area contributed by atoms with Crippen LogP contribution in [0.3, 0.4) is 0 Å². The van der Waals surface area contributed by atoms with Gasteiger partial charge < -0.3 is 20.3 Å². The molecule has 0 aliphatic carbocycles. The summed E-state index contributed by atoms with van der Waals surface area (Å²) in [5.74, 6) is -0.493. The van der Waals surface area contributed by atoms with E-state index in [1.807, 2.05) is 13.8 Å². The Morgan fingerprint density at radius 1 is 1.12 bits per heavy atom. The summed E-state index contributed by atoms with van der Waals surface area (Å²) in [6, 6.07) is 3.92. The molecule has 1 atom stereocenters. The van der Waals surface area contributed by atoms with E-state index in [0.717, 1.165) is 0 Å². The molecule has 34 heavy (non-hydrogen) atoms. The smallest absolute Gasteiger partial charge is 0.338 e. The van der Waals surface area contributed by atoms with Gasteiger partial charge in [-0.05, 0) is 38.5 Å². The maximum absolute atomic E-state index is 13.2. The molecule has 3 rings (SSSR count). The molecule has 4 amide bonds. The second-order valence-corrected chi connectivity index (χ2v) is 8.79. The minimum atomic E-state index is -0.726. The average molecular weight is 512 g/mol. The van der Waals surface area contributed by atoms with Gasteiger partial charge in [-0.15, -0.1) is 0 Å². The number of amides is 4. The van der Waals surface area contributed by atoms with Crippen LogP contribution in [-0.2, 0) is 9.53 Å². The summed E-state index contributed by atoms with van der Waals surface area (Å²) in [5.41, 5.74) is 1.60. The monoisotopic (exact) mass is 511 g/mol. The van der Waals surface area contributed by atoms with Gasteiger partial charge in [-0.25, -0.2) is 14.4 Å². The zero-order chi connectivity index (χ0) is 24.8. The maximum atomic E-state index is 13.2. The fraction of sp³-hybridized carbons (Fsp3) is 0.522. The van der Waals surface area contributed by atoms with Gasteiger partial charge in [0.05, 0.1) is 28.3 Å². The van der Waals surface area contributed by atoms with Crippen molar-refractivity contribution >= 4 is 41.2 Å². The van der Waals surface area contributed by atoms with E-state index in [1.54, 1.807) is 34.9 Å². The first kappa shape index (κ1) is 26.1. The van der Waals surface area contributed by atoms with Gasteiger partial charge in [0.25, 0.3) is 0 Å². The number of ether oxygens (including phenoxy) is 1. The van der Waals surface area contributed by atoms with Crippen LogP contribution in [0, 0.1) is 0 Å². The zero-order valence-corrected chi connectivity index (χ0v) is 21.2. The zero-order valence-electron chi connectivity index (χ0n) is 19.7. The summed E-state index contributed by atoms with van der Waals surface area (Å²) in [6.07, 6.45) is 0. The molecule has 2 heterocycles. The van der Waals surface area contributed by atoms with Crippen LogP contribution >= 0.6 is 23.2 Å². The molecule has 2 aliphatic rings. The second kappa shape index (κ2) is 11.8. The van der Waals surface area contributed by atoms with E-state index < -0.39 is 12.0 Å². The van der Waals surface area contributed by atoms with Crippen LogP contribution < -0.4 is 10.6 Å². The van der Waals surface area contributed by atoms with Gasteiger partial charge in [-0.2, -0.15) is 0 Å². The molecule has 9 nitrogen and oxygen atoms in total. The van der Waals surface area contributed by atoms with E-state index in [1.165, 1.54) is 0 Å². The topological polar surface area (TPSA) is 94.2 Å². The van der Waals surface area contributed by atoms with E-state index in [-0.39, 0.29) is 18.7 Å². The predicted octanol–water partition coefficient (Wildman–Crippen LogP) is 3.24. The molecule has 0 bridgehead atoms. The number of likely N-dealkylation sites (N-methyl/N-ethyl adjacent to an activating group) is 1. The van der Waals surface area contributed by atoms with Gasteiger partial charge in [-0.1, -0.05) is 29.3 Å². The number of urea groups is 2. The Balaban J connectivity index is 1.95. The molecule has 0 aromatic heterocycles. The number of nitrogens with one attached hydrogen (secondary N) is 2. The Kier molecular flexibility index (Phi) is 9.04. The van der Waals surface area contributed by atoms with Crippen molar-refractivity contribution < 1.29 is 19.1 Å². The number of carbonyl (C=O) groups is 3. The van der Waals surface area contributed by atoms with Crippen LogP contribution in [0.15, 0.2) is 29.5 Å². The molecular weight excluding hydrogens is 481 g/mol. The quantitative estimate of drug-likeness (QED) is 0.548. The van der Waals surface area contributed by atoms with Gasteiger partial charge in [-0.3, -0.25) is 9.80 Å². The molecule has 2 N–H and O–H groups in total. The number of halogens is 2. The number of carbonyl (C=O) groups excluding carboxylic acids is 3. The number of nitrogens with zero attached hydrogens (tertiary/aromatic N) is 3. The van der Waals surface area contributed by atoms with Crippen molar-refractivity contribution in [2.45, 2.75) is 26.8 Å². The number of benzene rings is 1. The van der Waals surface area contributed by atoms with Crippen molar-refractivity contribution in [3.63, 3.8) is 0 Å². The highest BCUT2D eigenvalue weighted by molar-refractivity contribution is 6.42. The molecule has 1 fully saturated rings. The molecule has 1 saturated heterocycles. The Morgan fingerprint density at radius 3 is 2.41 bits per heavy atom. The SMILES string of the molecule is CCNC(=O)N1CCN(CC2=C(C(=O)OCC)[C@@H](c3ccc(Cl)c(Cl)c3)NC(=O)N2CC)CC1. The van der Waals surface area contributed by atoms with Crippen molar-refractivity contribution in [1.82, 2.24) is 25.3 Å². The highest BCUT2D eigenvalue weighted by Gasteiger charge is 2.38. The Bertz CT molecular complexity index is 963. The molecule has 2 aliphatic heterocycles. The van der Waals surface area contributed by atoms with Crippen molar-refractivity contribution in [1.29, 1.82) is 0 Å². The lowest BCUT2D eigenvalue weighted by atomic mass is 9.94. The summed E-state index contributed by atoms with van der Waals surface area (Å²) >= 11 is 12.3. The number of hydrogen-bond acceptors (Lipinski definition) is 5. The lowest BCUT2D eigenvalue weighted by molar-refractivity contribution is -0.139. The highest BCUT2D eigenvalue weighted by atomic mass is 35.5. The van der Waals surface area contributed by atoms with Gasteiger partial charge >= 0.3 is 18.0 Å². The van der Waals surface area contributed by atoms with Crippen molar-refractivity contribution in [3.05, 3.63) is 45.1 Å². The minimum absolute atomic E-state index is 0.0829. The first-order valence-corrected chi connectivity index (χ1v) is 12.2. The normalized spacial score (nSPS) is 19.2. The summed E-state index contributed by atoms with van der Waals surface area (Å²) in [6.45, 7) is 9.37. The third-order valence-corrected chi connectivity index (χ3v) is 6.63. The van der Waals surface area contributed by atoms with Crippen LogP contribution in [0.1, 0.15) is 32.4 Å². The Labute approximate surface area is 210 Å². The third kappa shape index (κ3) is 5.76. The predicted molar refractivity (Wildman–Crippen MR) is 131 cm³/mol. The number of esters is 1. The maximum Gasteiger partial charge on any atom is 0.338 e. The lowest BCUT2D eigenvalue weighted by Crippen LogP contribution is -2.55. The van der Waals surface area contributed by atoms with Crippen LogP contribution in [0.5, 0.6) is 0 Å². The largest absolute Gasteiger partial charge is 0.463 e. The van der Waals surface area contributed by atoms with E-state index in [9.17, 15) is 14.4 Å².